The van der Waals surface area contributed by atoms with Gasteiger partial charge in [-0.2, -0.15) is 18.3 Å². The summed E-state index contributed by atoms with van der Waals surface area (Å²) in [7, 11) is 1.46. The molecule has 7 nitrogen and oxygen atoms in total. The van der Waals surface area contributed by atoms with Crippen molar-refractivity contribution in [1.29, 1.82) is 0 Å². The molecule has 0 atom stereocenters. The predicted octanol–water partition coefficient (Wildman–Crippen LogP) is 5.33. The zero-order valence-corrected chi connectivity index (χ0v) is 16.3. The number of methoxy groups -OCH3 is 1. The first kappa shape index (κ1) is 20.3. The number of hydrogen-bond donors (Lipinski definition) is 0. The van der Waals surface area contributed by atoms with Gasteiger partial charge < -0.3 is 4.74 Å². The fourth-order valence-electron chi connectivity index (χ4n) is 3.34. The van der Waals surface area contributed by atoms with E-state index in [9.17, 15) is 23.3 Å². The van der Waals surface area contributed by atoms with E-state index in [2.05, 4.69) is 10.1 Å². The van der Waals surface area contributed by atoms with Crippen LogP contribution >= 0.6 is 0 Å². The number of nitrogens with zero attached hydrogens (tertiary/aromatic N) is 4. The van der Waals surface area contributed by atoms with Crippen molar-refractivity contribution in [2.45, 2.75) is 13.1 Å². The van der Waals surface area contributed by atoms with Gasteiger partial charge in [-0.25, -0.2) is 9.67 Å². The van der Waals surface area contributed by atoms with Crippen LogP contribution in [0.3, 0.4) is 0 Å². The highest BCUT2D eigenvalue weighted by Gasteiger charge is 2.36. The molecule has 10 heteroatoms. The Balaban J connectivity index is 2.00. The van der Waals surface area contributed by atoms with Gasteiger partial charge in [-0.15, -0.1) is 0 Å². The van der Waals surface area contributed by atoms with E-state index >= 15 is 0 Å². The molecule has 158 valence electrons. The maximum Gasteiger partial charge on any atom is 0.417 e. The van der Waals surface area contributed by atoms with Crippen LogP contribution in [0.15, 0.2) is 54.6 Å². The SMILES string of the molecule is COc1cccc(-c2cc(C(F)(F)F)c3c(C)nn(-c4ccc([N+](=O)[O-])cc4)c3n2)c1. The summed E-state index contributed by atoms with van der Waals surface area (Å²) >= 11 is 0. The summed E-state index contributed by atoms with van der Waals surface area (Å²) in [6.45, 7) is 1.46. The summed E-state index contributed by atoms with van der Waals surface area (Å²) < 4.78 is 48.2. The number of halogens is 3. The third kappa shape index (κ3) is 3.67. The van der Waals surface area contributed by atoms with Gasteiger partial charge >= 0.3 is 6.18 Å². The Labute approximate surface area is 173 Å². The van der Waals surface area contributed by atoms with E-state index in [4.69, 9.17) is 4.74 Å². The van der Waals surface area contributed by atoms with Crippen LogP contribution in [-0.4, -0.2) is 26.8 Å². The van der Waals surface area contributed by atoms with Gasteiger partial charge in [0.15, 0.2) is 5.65 Å². The molecule has 0 bridgehead atoms. The molecule has 2 aromatic heterocycles. The van der Waals surface area contributed by atoms with Crippen molar-refractivity contribution in [1.82, 2.24) is 14.8 Å². The first-order chi connectivity index (χ1) is 14.7. The van der Waals surface area contributed by atoms with Gasteiger partial charge in [0.2, 0.25) is 0 Å². The molecule has 0 aliphatic rings. The molecule has 0 saturated heterocycles. The molecule has 0 saturated carbocycles. The van der Waals surface area contributed by atoms with Crippen LogP contribution < -0.4 is 4.74 Å². The first-order valence-electron chi connectivity index (χ1n) is 9.06. The summed E-state index contributed by atoms with van der Waals surface area (Å²) in [6, 6.07) is 12.9. The number of rotatable bonds is 4. The number of non-ortho nitro benzene ring substituents is 1. The number of alkyl halides is 3. The van der Waals surface area contributed by atoms with Crippen LogP contribution in [0.4, 0.5) is 18.9 Å². The largest absolute Gasteiger partial charge is 0.497 e. The molecular weight excluding hydrogens is 413 g/mol. The molecule has 0 N–H and O–H groups in total. The average molecular weight is 428 g/mol. The minimum Gasteiger partial charge on any atom is -0.497 e. The minimum absolute atomic E-state index is 0.000928. The van der Waals surface area contributed by atoms with Gasteiger partial charge in [-0.05, 0) is 37.3 Å². The first-order valence-corrected chi connectivity index (χ1v) is 9.06. The third-order valence-electron chi connectivity index (χ3n) is 4.79. The standard InChI is InChI=1S/C21H15F3N4O3/c1-12-19-17(21(22,23)24)11-18(13-4-3-5-16(10-13)31-2)25-20(19)27(26-12)14-6-8-15(9-7-14)28(29)30/h3-11H,1-2H3. The Kier molecular flexibility index (Phi) is 4.84. The van der Waals surface area contributed by atoms with E-state index in [1.165, 1.54) is 43.0 Å². The Bertz CT molecular complexity index is 1300. The summed E-state index contributed by atoms with van der Waals surface area (Å²) in [5, 5.41) is 15.0. The average Bonchev–Trinajstić information content (AvgIpc) is 3.09. The molecule has 0 amide bonds. The highest BCUT2D eigenvalue weighted by molar-refractivity contribution is 5.87. The van der Waals surface area contributed by atoms with Crippen LogP contribution in [0.1, 0.15) is 11.3 Å². The second kappa shape index (κ2) is 7.38. The Morgan fingerprint density at radius 1 is 1.10 bits per heavy atom. The highest BCUT2D eigenvalue weighted by atomic mass is 19.4. The van der Waals surface area contributed by atoms with E-state index < -0.39 is 16.7 Å². The molecule has 0 radical (unpaired) electrons. The normalized spacial score (nSPS) is 11.6. The van der Waals surface area contributed by atoms with E-state index in [1.54, 1.807) is 24.3 Å². The van der Waals surface area contributed by atoms with Crippen molar-refractivity contribution in [3.8, 4) is 22.7 Å². The van der Waals surface area contributed by atoms with Crippen LogP contribution in [0.2, 0.25) is 0 Å². The van der Waals surface area contributed by atoms with E-state index in [0.717, 1.165) is 6.07 Å². The minimum atomic E-state index is -4.64. The van der Waals surface area contributed by atoms with Crippen LogP contribution in [0.25, 0.3) is 28.0 Å². The third-order valence-corrected chi connectivity index (χ3v) is 4.79. The highest BCUT2D eigenvalue weighted by Crippen LogP contribution is 2.39. The summed E-state index contributed by atoms with van der Waals surface area (Å²) in [4.78, 5) is 14.8. The fourth-order valence-corrected chi connectivity index (χ4v) is 3.34. The quantitative estimate of drug-likeness (QED) is 0.324. The number of hydrogen-bond acceptors (Lipinski definition) is 5. The molecule has 0 spiro atoms. The number of pyridine rings is 1. The lowest BCUT2D eigenvalue weighted by Gasteiger charge is -2.12. The number of nitro groups is 1. The van der Waals surface area contributed by atoms with Crippen molar-refractivity contribution in [3.05, 3.63) is 76.0 Å². The molecule has 2 heterocycles. The number of benzene rings is 2. The van der Waals surface area contributed by atoms with Crippen LogP contribution in [-0.2, 0) is 6.18 Å². The lowest BCUT2D eigenvalue weighted by molar-refractivity contribution is -0.384. The van der Waals surface area contributed by atoms with Gasteiger partial charge in [0.1, 0.15) is 5.75 Å². The second-order valence-electron chi connectivity index (χ2n) is 6.75. The van der Waals surface area contributed by atoms with E-state index in [-0.39, 0.29) is 28.1 Å². The van der Waals surface area contributed by atoms with Crippen molar-refractivity contribution >= 4 is 16.7 Å². The van der Waals surface area contributed by atoms with Gasteiger partial charge in [0, 0.05) is 17.7 Å². The predicted molar refractivity (Wildman–Crippen MR) is 107 cm³/mol. The number of aromatic nitrogens is 3. The number of nitro benzene ring substituents is 1. The topological polar surface area (TPSA) is 83.1 Å². The molecule has 0 unspecified atom stereocenters. The fraction of sp³-hybridized carbons (Fsp3) is 0.143. The lowest BCUT2D eigenvalue weighted by Crippen LogP contribution is -2.08. The summed E-state index contributed by atoms with van der Waals surface area (Å²) in [5.74, 6) is 0.480. The molecule has 0 fully saturated rings. The molecular formula is C21H15F3N4O3. The molecule has 4 aromatic rings. The number of fused-ring (bicyclic) bond motifs is 1. The number of aryl methyl sites for hydroxylation is 1. The van der Waals surface area contributed by atoms with Crippen molar-refractivity contribution in [2.75, 3.05) is 7.11 Å². The van der Waals surface area contributed by atoms with E-state index in [0.29, 0.717) is 17.0 Å². The zero-order chi connectivity index (χ0) is 22.3. The second-order valence-corrected chi connectivity index (χ2v) is 6.75. The summed E-state index contributed by atoms with van der Waals surface area (Å²) in [6.07, 6.45) is -4.64. The van der Waals surface area contributed by atoms with Crippen LogP contribution in [0, 0.1) is 17.0 Å². The van der Waals surface area contributed by atoms with Crippen molar-refractivity contribution in [3.63, 3.8) is 0 Å². The molecule has 2 aromatic carbocycles. The molecule has 0 aliphatic heterocycles. The Morgan fingerprint density at radius 2 is 1.81 bits per heavy atom. The Hall–Kier alpha value is -3.95. The van der Waals surface area contributed by atoms with Crippen molar-refractivity contribution in [2.24, 2.45) is 0 Å². The maximum atomic E-state index is 13.9. The molecule has 31 heavy (non-hydrogen) atoms. The maximum absolute atomic E-state index is 13.9. The number of ether oxygens (including phenoxy) is 1. The Morgan fingerprint density at radius 3 is 2.42 bits per heavy atom. The zero-order valence-electron chi connectivity index (χ0n) is 16.3. The van der Waals surface area contributed by atoms with Gasteiger partial charge in [-0.3, -0.25) is 10.1 Å². The summed E-state index contributed by atoms with van der Waals surface area (Å²) in [5.41, 5.74) is 0.0399. The van der Waals surface area contributed by atoms with Gasteiger partial charge in [-0.1, -0.05) is 12.1 Å². The van der Waals surface area contributed by atoms with E-state index in [1.807, 2.05) is 0 Å². The molecule has 0 aliphatic carbocycles. The monoisotopic (exact) mass is 428 g/mol. The molecule has 4 rings (SSSR count). The van der Waals surface area contributed by atoms with Crippen LogP contribution in [0.5, 0.6) is 5.75 Å². The van der Waals surface area contributed by atoms with Gasteiger partial charge in [0.05, 0.1) is 40.1 Å². The van der Waals surface area contributed by atoms with Gasteiger partial charge in [0.25, 0.3) is 5.69 Å². The lowest BCUT2D eigenvalue weighted by atomic mass is 10.0. The smallest absolute Gasteiger partial charge is 0.417 e. The van der Waals surface area contributed by atoms with Crippen molar-refractivity contribution < 1.29 is 22.8 Å².